The van der Waals surface area contributed by atoms with Crippen molar-refractivity contribution in [3.8, 4) is 5.75 Å². The maximum atomic E-state index is 11.5. The molecule has 0 saturated heterocycles. The second-order valence-corrected chi connectivity index (χ2v) is 4.28. The van der Waals surface area contributed by atoms with Crippen LogP contribution >= 0.6 is 0 Å². The van der Waals surface area contributed by atoms with Crippen LogP contribution in [0.5, 0.6) is 5.75 Å². The molecule has 0 aliphatic heterocycles. The number of carboxylic acid groups (broad SMARTS) is 1. The second kappa shape index (κ2) is 4.86. The van der Waals surface area contributed by atoms with Gasteiger partial charge in [0.25, 0.3) is 0 Å². The van der Waals surface area contributed by atoms with Crippen LogP contribution in [-0.2, 0) is 9.53 Å². The van der Waals surface area contributed by atoms with Crippen LogP contribution in [0.2, 0.25) is 0 Å². The maximum absolute atomic E-state index is 11.5. The lowest BCUT2D eigenvalue weighted by Crippen LogP contribution is -2.27. The van der Waals surface area contributed by atoms with Gasteiger partial charge in [0.05, 0.1) is 12.4 Å². The van der Waals surface area contributed by atoms with Crippen LogP contribution < -0.4 is 4.74 Å². The van der Waals surface area contributed by atoms with Crippen molar-refractivity contribution in [1.29, 1.82) is 0 Å². The summed E-state index contributed by atoms with van der Waals surface area (Å²) in [5.41, 5.74) is -0.620. The smallest absolute Gasteiger partial charge is 0.435 e. The van der Waals surface area contributed by atoms with Gasteiger partial charge in [-0.1, -0.05) is 0 Å². The Morgan fingerprint density at radius 1 is 1.47 bits per heavy atom. The molecule has 0 aromatic carbocycles. The molecule has 94 valence electrons. The van der Waals surface area contributed by atoms with Crippen molar-refractivity contribution in [1.82, 2.24) is 9.78 Å². The minimum absolute atomic E-state index is 0.193. The van der Waals surface area contributed by atoms with Crippen molar-refractivity contribution < 1.29 is 24.2 Å². The van der Waals surface area contributed by atoms with Gasteiger partial charge in [-0.05, 0) is 20.8 Å². The highest BCUT2D eigenvalue weighted by Gasteiger charge is 2.18. The summed E-state index contributed by atoms with van der Waals surface area (Å²) in [6, 6.07) is 0. The maximum Gasteiger partial charge on any atom is 0.435 e. The number of carbonyl (C=O) groups excluding carboxylic acids is 1. The van der Waals surface area contributed by atoms with Gasteiger partial charge in [-0.3, -0.25) is 0 Å². The number of carboxylic acids is 1. The first kappa shape index (κ1) is 13.0. The average Bonchev–Trinajstić information content (AvgIpc) is 2.60. The summed E-state index contributed by atoms with van der Waals surface area (Å²) < 4.78 is 10.8. The number of rotatable bonds is 3. The van der Waals surface area contributed by atoms with E-state index in [1.54, 1.807) is 20.8 Å². The molecule has 1 N–H and O–H groups in total. The van der Waals surface area contributed by atoms with Crippen molar-refractivity contribution in [3.63, 3.8) is 0 Å². The van der Waals surface area contributed by atoms with E-state index < -0.39 is 24.3 Å². The molecule has 0 amide bonds. The van der Waals surface area contributed by atoms with Crippen molar-refractivity contribution in [2.45, 2.75) is 26.4 Å². The van der Waals surface area contributed by atoms with Gasteiger partial charge < -0.3 is 14.6 Å². The summed E-state index contributed by atoms with van der Waals surface area (Å²) in [5, 5.41) is 12.1. The molecule has 0 aliphatic rings. The lowest BCUT2D eigenvalue weighted by molar-refractivity contribution is -0.139. The zero-order valence-electron chi connectivity index (χ0n) is 9.84. The van der Waals surface area contributed by atoms with Crippen molar-refractivity contribution >= 4 is 12.1 Å². The van der Waals surface area contributed by atoms with E-state index in [0.29, 0.717) is 0 Å². The van der Waals surface area contributed by atoms with E-state index in [-0.39, 0.29) is 5.75 Å². The molecule has 1 rings (SSSR count). The summed E-state index contributed by atoms with van der Waals surface area (Å²) in [6.45, 7) is 4.71. The fourth-order valence-corrected chi connectivity index (χ4v) is 0.934. The summed E-state index contributed by atoms with van der Waals surface area (Å²) in [4.78, 5) is 21.8. The van der Waals surface area contributed by atoms with Gasteiger partial charge in [0.2, 0.25) is 0 Å². The molecule has 0 saturated carbocycles. The van der Waals surface area contributed by atoms with Crippen LogP contribution in [0.1, 0.15) is 20.8 Å². The number of ether oxygens (including phenoxy) is 2. The van der Waals surface area contributed by atoms with Gasteiger partial charge in [-0.25, -0.2) is 9.59 Å². The van der Waals surface area contributed by atoms with Crippen LogP contribution in [-0.4, -0.2) is 39.2 Å². The predicted molar refractivity (Wildman–Crippen MR) is 57.0 cm³/mol. The van der Waals surface area contributed by atoms with Crippen LogP contribution in [0, 0.1) is 0 Å². The fraction of sp³-hybridized carbons (Fsp3) is 0.500. The van der Waals surface area contributed by atoms with Crippen molar-refractivity contribution in [3.05, 3.63) is 12.4 Å². The van der Waals surface area contributed by atoms with Crippen molar-refractivity contribution in [2.75, 3.05) is 6.61 Å². The lowest BCUT2D eigenvalue weighted by atomic mass is 10.2. The molecule has 0 fully saturated rings. The molecule has 0 atom stereocenters. The number of aliphatic carboxylic acids is 1. The number of carbonyl (C=O) groups is 2. The Morgan fingerprint density at radius 2 is 2.12 bits per heavy atom. The van der Waals surface area contributed by atoms with E-state index in [2.05, 4.69) is 5.10 Å². The van der Waals surface area contributed by atoms with E-state index in [1.165, 1.54) is 12.4 Å². The molecule has 0 radical (unpaired) electrons. The molecule has 0 spiro atoms. The lowest BCUT2D eigenvalue weighted by Gasteiger charge is -2.18. The molecule has 7 heteroatoms. The highest BCUT2D eigenvalue weighted by atomic mass is 16.6. The first-order chi connectivity index (χ1) is 7.78. The number of nitrogens with zero attached hydrogens (tertiary/aromatic N) is 2. The summed E-state index contributed by atoms with van der Waals surface area (Å²) in [6.07, 6.45) is 1.85. The number of hydrogen-bond acceptors (Lipinski definition) is 5. The molecule has 17 heavy (non-hydrogen) atoms. The Kier molecular flexibility index (Phi) is 3.72. The Balaban J connectivity index is 2.61. The third-order valence-corrected chi connectivity index (χ3v) is 1.50. The molecule has 1 aromatic rings. The van der Waals surface area contributed by atoms with E-state index in [0.717, 1.165) is 4.68 Å². The molecule has 1 heterocycles. The van der Waals surface area contributed by atoms with E-state index >= 15 is 0 Å². The highest BCUT2D eigenvalue weighted by molar-refractivity contribution is 5.70. The van der Waals surface area contributed by atoms with Crippen LogP contribution in [0.3, 0.4) is 0 Å². The Morgan fingerprint density at radius 3 is 2.65 bits per heavy atom. The second-order valence-electron chi connectivity index (χ2n) is 4.28. The summed E-state index contributed by atoms with van der Waals surface area (Å²) in [5.74, 6) is -0.909. The SMILES string of the molecule is CC(C)(C)OC(=O)n1cc(OCC(=O)O)cn1. The standard InChI is InChI=1S/C10H14N2O5/c1-10(2,3)17-9(15)12-5-7(4-11-12)16-6-8(13)14/h4-5H,6H2,1-3H3,(H,13,14). The zero-order valence-corrected chi connectivity index (χ0v) is 9.84. The molecule has 7 nitrogen and oxygen atoms in total. The van der Waals surface area contributed by atoms with Gasteiger partial charge in [0.15, 0.2) is 12.4 Å². The Labute approximate surface area is 97.9 Å². The van der Waals surface area contributed by atoms with Gasteiger partial charge in [0, 0.05) is 0 Å². The minimum Gasteiger partial charge on any atom is -0.479 e. The summed E-state index contributed by atoms with van der Waals surface area (Å²) >= 11 is 0. The van der Waals surface area contributed by atoms with Crippen LogP contribution in [0.4, 0.5) is 4.79 Å². The third-order valence-electron chi connectivity index (χ3n) is 1.50. The van der Waals surface area contributed by atoms with Crippen LogP contribution in [0.25, 0.3) is 0 Å². The molecule has 1 aromatic heterocycles. The fourth-order valence-electron chi connectivity index (χ4n) is 0.934. The van der Waals surface area contributed by atoms with Gasteiger partial charge in [-0.15, -0.1) is 0 Å². The topological polar surface area (TPSA) is 90.7 Å². The number of aromatic nitrogens is 2. The van der Waals surface area contributed by atoms with Gasteiger partial charge >= 0.3 is 12.1 Å². The molecular formula is C10H14N2O5. The first-order valence-corrected chi connectivity index (χ1v) is 4.90. The normalized spacial score (nSPS) is 11.0. The monoisotopic (exact) mass is 242 g/mol. The molecule has 0 aliphatic carbocycles. The highest BCUT2D eigenvalue weighted by Crippen LogP contribution is 2.12. The summed E-state index contributed by atoms with van der Waals surface area (Å²) in [7, 11) is 0. The third kappa shape index (κ3) is 4.54. The van der Waals surface area contributed by atoms with Crippen LogP contribution in [0.15, 0.2) is 12.4 Å². The Bertz CT molecular complexity index is 419. The van der Waals surface area contributed by atoms with Gasteiger partial charge in [-0.2, -0.15) is 9.78 Å². The quantitative estimate of drug-likeness (QED) is 0.854. The largest absolute Gasteiger partial charge is 0.479 e. The van der Waals surface area contributed by atoms with E-state index in [9.17, 15) is 9.59 Å². The molecule has 0 unspecified atom stereocenters. The Hall–Kier alpha value is -2.05. The molecular weight excluding hydrogens is 228 g/mol. The predicted octanol–water partition coefficient (Wildman–Crippen LogP) is 1.13. The van der Waals surface area contributed by atoms with Gasteiger partial charge in [0.1, 0.15) is 5.60 Å². The molecule has 0 bridgehead atoms. The zero-order chi connectivity index (χ0) is 13.1. The first-order valence-electron chi connectivity index (χ1n) is 4.90. The number of hydrogen-bond donors (Lipinski definition) is 1. The van der Waals surface area contributed by atoms with E-state index in [4.69, 9.17) is 14.6 Å². The van der Waals surface area contributed by atoms with Crippen molar-refractivity contribution in [2.24, 2.45) is 0 Å². The minimum atomic E-state index is -1.10. The van der Waals surface area contributed by atoms with E-state index in [1.807, 2.05) is 0 Å². The average molecular weight is 242 g/mol.